The number of carboxylic acids is 1. The van der Waals surface area contributed by atoms with Crippen LogP contribution in [0, 0.1) is 0 Å². The van der Waals surface area contributed by atoms with Gasteiger partial charge in [-0.05, 0) is 59.8 Å². The lowest BCUT2D eigenvalue weighted by Crippen LogP contribution is -2.58. The lowest BCUT2D eigenvalue weighted by Gasteiger charge is -2.50. The minimum Gasteiger partial charge on any atom is -0.481 e. The molecule has 1 heterocycles. The Morgan fingerprint density at radius 2 is 1.33 bits per heavy atom. The average molecular weight is 341 g/mol. The molecule has 0 spiro atoms. The average Bonchev–Trinajstić information content (AvgIpc) is 2.45. The van der Waals surface area contributed by atoms with Gasteiger partial charge in [0.15, 0.2) is 0 Å². The lowest BCUT2D eigenvalue weighted by atomic mass is 9.82. The first-order valence-electron chi connectivity index (χ1n) is 9.38. The van der Waals surface area contributed by atoms with E-state index >= 15 is 0 Å². The van der Waals surface area contributed by atoms with Crippen LogP contribution in [0.15, 0.2) is 0 Å². The molecule has 1 aliphatic rings. The van der Waals surface area contributed by atoms with Gasteiger partial charge in [0.05, 0.1) is 11.1 Å². The molecule has 0 amide bonds. The van der Waals surface area contributed by atoms with Gasteiger partial charge in [0.1, 0.15) is 0 Å². The van der Waals surface area contributed by atoms with E-state index < -0.39 is 5.97 Å². The Morgan fingerprint density at radius 3 is 1.83 bits per heavy atom. The largest absolute Gasteiger partial charge is 0.481 e. The van der Waals surface area contributed by atoms with Gasteiger partial charge in [0.25, 0.3) is 0 Å². The third-order valence-electron chi connectivity index (χ3n) is 4.89. The van der Waals surface area contributed by atoms with E-state index in [9.17, 15) is 9.59 Å². The second-order valence-corrected chi connectivity index (χ2v) is 8.25. The van der Waals surface area contributed by atoms with E-state index in [-0.39, 0.29) is 23.5 Å². The smallest absolute Gasteiger partial charge is 0.325 e. The summed E-state index contributed by atoms with van der Waals surface area (Å²) in [5, 5.41) is 10.5. The summed E-state index contributed by atoms with van der Waals surface area (Å²) >= 11 is 0. The maximum Gasteiger partial charge on any atom is 0.325 e. The summed E-state index contributed by atoms with van der Waals surface area (Å²) in [5.74, 6) is -0.856. The summed E-state index contributed by atoms with van der Waals surface area (Å²) in [5.41, 5.74) is -0.219. The van der Waals surface area contributed by atoms with Gasteiger partial charge in [-0.3, -0.25) is 9.59 Å². The fraction of sp³-hybridized carbons (Fsp3) is 0.895. The summed E-state index contributed by atoms with van der Waals surface area (Å²) < 4.78 is 0. The molecule has 1 fully saturated rings. The van der Waals surface area contributed by atoms with Gasteiger partial charge in [-0.25, -0.2) is 0 Å². The summed E-state index contributed by atoms with van der Waals surface area (Å²) in [6.07, 6.45) is 9.58. The minimum absolute atomic E-state index is 0.110. The van der Waals surface area contributed by atoms with Gasteiger partial charge < -0.3 is 9.94 Å². The van der Waals surface area contributed by atoms with Crippen LogP contribution in [0.3, 0.4) is 0 Å². The highest BCUT2D eigenvalue weighted by atomic mass is 16.7. The standard InChI is InChI=1S/C19H35NO4/c1-18(2)14-11-15-19(3,4)20(18)24-17(23)13-10-8-6-5-7-9-12-16(21)22/h5-15H2,1-4H3,(H,21,22). The number of hydroxylamine groups is 2. The first kappa shape index (κ1) is 20.9. The van der Waals surface area contributed by atoms with Gasteiger partial charge in [0, 0.05) is 12.8 Å². The quantitative estimate of drug-likeness (QED) is 0.584. The van der Waals surface area contributed by atoms with E-state index in [2.05, 4.69) is 27.7 Å². The first-order chi connectivity index (χ1) is 11.1. The zero-order valence-electron chi connectivity index (χ0n) is 15.9. The summed E-state index contributed by atoms with van der Waals surface area (Å²) in [4.78, 5) is 28.3. The molecule has 140 valence electrons. The number of nitrogens with zero attached hydrogens (tertiary/aromatic N) is 1. The molecule has 0 saturated carbocycles. The van der Waals surface area contributed by atoms with Crippen LogP contribution in [0.2, 0.25) is 0 Å². The number of piperidine rings is 1. The topological polar surface area (TPSA) is 66.8 Å². The van der Waals surface area contributed by atoms with Crippen molar-refractivity contribution < 1.29 is 19.5 Å². The highest BCUT2D eigenvalue weighted by Gasteiger charge is 2.44. The van der Waals surface area contributed by atoms with Crippen LogP contribution in [0.25, 0.3) is 0 Å². The van der Waals surface area contributed by atoms with Crippen molar-refractivity contribution in [2.75, 3.05) is 0 Å². The minimum atomic E-state index is -0.721. The van der Waals surface area contributed by atoms with Crippen LogP contribution < -0.4 is 0 Å². The predicted octanol–water partition coefficient (Wildman–Crippen LogP) is 4.69. The normalized spacial score (nSPS) is 19.8. The molecule has 0 bridgehead atoms. The maximum absolute atomic E-state index is 12.2. The molecule has 0 aromatic rings. The monoisotopic (exact) mass is 341 g/mol. The van der Waals surface area contributed by atoms with E-state index in [1.54, 1.807) is 0 Å². The highest BCUT2D eigenvalue weighted by molar-refractivity contribution is 5.69. The van der Waals surface area contributed by atoms with Crippen molar-refractivity contribution in [2.45, 2.75) is 109 Å². The molecular weight excluding hydrogens is 306 g/mol. The molecule has 0 radical (unpaired) electrons. The van der Waals surface area contributed by atoms with Crippen molar-refractivity contribution in [3.05, 3.63) is 0 Å². The Balaban J connectivity index is 2.20. The Kier molecular flexibility index (Phi) is 8.20. The van der Waals surface area contributed by atoms with Crippen LogP contribution in [0.1, 0.15) is 98.3 Å². The zero-order valence-corrected chi connectivity index (χ0v) is 15.9. The van der Waals surface area contributed by atoms with E-state index in [0.717, 1.165) is 57.8 Å². The van der Waals surface area contributed by atoms with Crippen LogP contribution in [0.5, 0.6) is 0 Å². The number of carbonyl (C=O) groups is 2. The van der Waals surface area contributed by atoms with Crippen molar-refractivity contribution in [3.63, 3.8) is 0 Å². The van der Waals surface area contributed by atoms with E-state index in [1.165, 1.54) is 0 Å². The Bertz CT molecular complexity index is 402. The molecule has 1 rings (SSSR count). The van der Waals surface area contributed by atoms with Gasteiger partial charge in [-0.15, -0.1) is 5.06 Å². The van der Waals surface area contributed by atoms with Crippen molar-refractivity contribution in [2.24, 2.45) is 0 Å². The molecule has 5 nitrogen and oxygen atoms in total. The Labute approximate surface area is 146 Å². The molecular formula is C19H35NO4. The molecule has 0 aromatic carbocycles. The number of hydrogen-bond donors (Lipinski definition) is 1. The van der Waals surface area contributed by atoms with E-state index in [0.29, 0.717) is 6.42 Å². The Hall–Kier alpha value is -1.10. The fourth-order valence-corrected chi connectivity index (χ4v) is 3.62. The van der Waals surface area contributed by atoms with Gasteiger partial charge >= 0.3 is 11.9 Å². The molecule has 5 heteroatoms. The molecule has 0 aromatic heterocycles. The molecule has 0 aliphatic carbocycles. The Morgan fingerprint density at radius 1 is 0.875 bits per heavy atom. The second-order valence-electron chi connectivity index (χ2n) is 8.25. The summed E-state index contributed by atoms with van der Waals surface area (Å²) in [6, 6.07) is 0. The number of rotatable bonds is 10. The second kappa shape index (κ2) is 9.40. The van der Waals surface area contributed by atoms with Crippen molar-refractivity contribution in [1.82, 2.24) is 5.06 Å². The molecule has 24 heavy (non-hydrogen) atoms. The third kappa shape index (κ3) is 7.20. The van der Waals surface area contributed by atoms with E-state index in [1.807, 2.05) is 5.06 Å². The lowest BCUT2D eigenvalue weighted by molar-refractivity contribution is -0.265. The van der Waals surface area contributed by atoms with Crippen molar-refractivity contribution in [3.8, 4) is 0 Å². The molecule has 0 atom stereocenters. The summed E-state index contributed by atoms with van der Waals surface area (Å²) in [7, 11) is 0. The summed E-state index contributed by atoms with van der Waals surface area (Å²) in [6.45, 7) is 8.55. The van der Waals surface area contributed by atoms with Crippen molar-refractivity contribution in [1.29, 1.82) is 0 Å². The van der Waals surface area contributed by atoms with Crippen LogP contribution in [-0.2, 0) is 14.4 Å². The SMILES string of the molecule is CC1(C)CCCC(C)(C)N1OC(=O)CCCCCCCCC(=O)O. The number of hydrogen-bond acceptors (Lipinski definition) is 4. The number of aliphatic carboxylic acids is 1. The number of carbonyl (C=O) groups excluding carboxylic acids is 1. The van der Waals surface area contributed by atoms with Crippen LogP contribution >= 0.6 is 0 Å². The van der Waals surface area contributed by atoms with Crippen LogP contribution in [0.4, 0.5) is 0 Å². The molecule has 1 aliphatic heterocycles. The fourth-order valence-electron chi connectivity index (χ4n) is 3.62. The highest BCUT2D eigenvalue weighted by Crippen LogP contribution is 2.38. The maximum atomic E-state index is 12.2. The third-order valence-corrected chi connectivity index (χ3v) is 4.89. The van der Waals surface area contributed by atoms with Crippen molar-refractivity contribution >= 4 is 11.9 Å². The van der Waals surface area contributed by atoms with Gasteiger partial charge in [-0.2, -0.15) is 0 Å². The van der Waals surface area contributed by atoms with Gasteiger partial charge in [-0.1, -0.05) is 25.7 Å². The van der Waals surface area contributed by atoms with E-state index in [4.69, 9.17) is 9.94 Å². The number of unbranched alkanes of at least 4 members (excludes halogenated alkanes) is 5. The number of carboxylic acid groups (broad SMARTS) is 1. The van der Waals surface area contributed by atoms with Crippen LogP contribution in [-0.4, -0.2) is 33.2 Å². The first-order valence-corrected chi connectivity index (χ1v) is 9.38. The predicted molar refractivity (Wildman–Crippen MR) is 94.5 cm³/mol. The molecule has 1 saturated heterocycles. The zero-order chi connectivity index (χ0) is 18.2. The molecule has 1 N–H and O–H groups in total. The molecule has 0 unspecified atom stereocenters. The van der Waals surface area contributed by atoms with Gasteiger partial charge in [0.2, 0.25) is 0 Å².